The van der Waals surface area contributed by atoms with Gasteiger partial charge in [-0.1, -0.05) is 107 Å². The Labute approximate surface area is 933 Å². The van der Waals surface area contributed by atoms with Crippen LogP contribution in [-0.2, 0) is 269 Å². The van der Waals surface area contributed by atoms with E-state index in [9.17, 15) is 112 Å². The van der Waals surface area contributed by atoms with Crippen molar-refractivity contribution in [2.24, 2.45) is 35.2 Å². The van der Waals surface area contributed by atoms with Crippen LogP contribution in [0.1, 0.15) is 73.7 Å². The van der Waals surface area contributed by atoms with Gasteiger partial charge in [0.15, 0.2) is 0 Å². The van der Waals surface area contributed by atoms with Crippen molar-refractivity contribution in [3.05, 3.63) is 343 Å². The summed E-state index contributed by atoms with van der Waals surface area (Å²) in [4.78, 5) is 60.5. The van der Waals surface area contributed by atoms with Crippen LogP contribution in [0, 0.1) is 69.9 Å². The standard InChI is InChI=1S/C18H15F4N4O2.C17H13F4N4O2.C16H10BrF4N4O2.C16H10ClF4N4O2.C16H10F4IN4O2.5Y/c1-3-11-5-4-6-15(26-17(27)25(2)23-24-26)13(11)10-28-16-9-12(19)7-8-14(16)18(20,21)22;1-10-4-3-5-14(25-16(26)24(2)22-23-25)12(10)9-27-15-8-11(18)6-7-13(15)17(19,20)21;2*1-24-15(26)25(23-22-24)13-4-2-3-12(17)10(13)8-27-14-7-9(18)5-6-11(14)16(19,20)21;1-24-15(26)25(23-22-24)13-4-2-3-12(21)10(13)8-27-14-7-9(17)5-6-11(14)16(18,19)20;;;;;/h4-6,8-9H,3,10H2,1-2H3;3-5,7-8H,9H2,1-2H3;3*2-4,6-7H,8H2,1H3;;;;;/q5*-1;;;;;. The van der Waals surface area contributed by atoms with Crippen LogP contribution in [-0.4, -0.2) is 99.0 Å². The van der Waals surface area contributed by atoms with Crippen LogP contribution < -0.4 is 52.1 Å². The number of halogens is 23. The molecule has 15 rings (SSSR count). The maximum atomic E-state index is 13.4. The Hall–Kier alpha value is -8.83. The summed E-state index contributed by atoms with van der Waals surface area (Å²) >= 11 is 11.3. The molecule has 15 aromatic rings. The molecule has 5 aromatic heterocycles. The van der Waals surface area contributed by atoms with Crippen LogP contribution in [0.3, 0.4) is 0 Å². The van der Waals surface area contributed by atoms with E-state index in [-0.39, 0.29) is 212 Å². The van der Waals surface area contributed by atoms with E-state index in [0.29, 0.717) is 120 Å². The molecule has 0 saturated carbocycles. The van der Waals surface area contributed by atoms with Crippen molar-refractivity contribution in [3.63, 3.8) is 0 Å². The maximum Gasteiger partial charge on any atom is 0.373 e. The van der Waals surface area contributed by atoms with E-state index in [0.717, 1.165) is 52.4 Å². The molecule has 141 heavy (non-hydrogen) atoms. The van der Waals surface area contributed by atoms with E-state index >= 15 is 0 Å². The van der Waals surface area contributed by atoms with Crippen LogP contribution in [0.4, 0.5) is 87.8 Å². The number of rotatable bonds is 21. The quantitative estimate of drug-likeness (QED) is 0.0366. The number of aryl methyl sites for hydroxylation is 7. The number of ether oxygens (including phenoxy) is 5. The van der Waals surface area contributed by atoms with Crippen LogP contribution >= 0.6 is 50.1 Å². The molecule has 0 aliphatic carbocycles. The van der Waals surface area contributed by atoms with Gasteiger partial charge in [0, 0.05) is 298 Å². The first-order valence-electron chi connectivity index (χ1n) is 38.0. The summed E-state index contributed by atoms with van der Waals surface area (Å²) in [6, 6.07) is 38.9. The monoisotopic (exact) mass is 2560 g/mol. The minimum atomic E-state index is -4.76. The Kier molecular flexibility index (Phi) is 44.4. The Morgan fingerprint density at radius 1 is 0.333 bits per heavy atom. The predicted octanol–water partition coefficient (Wildman–Crippen LogP) is 15.4. The predicted molar refractivity (Wildman–Crippen MR) is 445 cm³/mol. The third kappa shape index (κ3) is 30.4. The van der Waals surface area contributed by atoms with Gasteiger partial charge in [-0.25, -0.2) is 45.9 Å². The topological polar surface area (TPSA) is 310 Å². The van der Waals surface area contributed by atoms with Gasteiger partial charge in [0.1, 0.15) is 33.0 Å². The van der Waals surface area contributed by atoms with Gasteiger partial charge in [-0.05, 0) is 176 Å². The molecule has 0 saturated heterocycles. The van der Waals surface area contributed by atoms with Gasteiger partial charge >= 0.3 is 59.3 Å². The van der Waals surface area contributed by atoms with E-state index in [1.54, 1.807) is 73.7 Å². The molecule has 0 N–H and O–H groups in total. The summed E-state index contributed by atoms with van der Waals surface area (Å²) < 4.78 is 301. The molecule has 0 aliphatic rings. The number of tetrazole rings is 5. The van der Waals surface area contributed by atoms with E-state index in [4.69, 9.17) is 35.3 Å². The molecule has 0 amide bonds. The third-order valence-electron chi connectivity index (χ3n) is 18.8. The van der Waals surface area contributed by atoms with Gasteiger partial charge in [-0.15, -0.1) is 30.3 Å². The molecule has 5 radical (unpaired) electrons. The second-order valence-electron chi connectivity index (χ2n) is 27.8. The Bertz CT molecular complexity index is 6550. The summed E-state index contributed by atoms with van der Waals surface area (Å²) in [5.41, 5.74) is -3.92. The summed E-state index contributed by atoms with van der Waals surface area (Å²) in [5.74, 6) is -8.35. The molecule has 5 heterocycles. The average molecular weight is 2560 g/mol. The van der Waals surface area contributed by atoms with Crippen molar-refractivity contribution in [3.8, 4) is 57.2 Å². The first-order chi connectivity index (χ1) is 63.9. The zero-order chi connectivity index (χ0) is 99.5. The van der Waals surface area contributed by atoms with Crippen LogP contribution in [0.15, 0.2) is 180 Å². The van der Waals surface area contributed by atoms with E-state index < -0.39 is 152 Å². The first kappa shape index (κ1) is 121. The second-order valence-corrected chi connectivity index (χ2v) is 30.2. The SMILES string of the molecule is CCc1cccc(-n2nnn(C)c2=O)c1COc1cc(F)[c-]cc1C(F)(F)F.Cc1cccc(-n2nnn(C)c2=O)c1COc1cc(F)[c-]cc1C(F)(F)F.Cn1nnn(-c2cccc(Br)c2COc2cc(F)[c-]cc2C(F)(F)F)c1=O.Cn1nnn(-c2cccc(Cl)c2COc2cc(F)[c-]cc2C(F)(F)F)c1=O.Cn1nnn(-c2cccc(I)c2COc2cc(F)[c-]cc2C(F)(F)F)c1=O.[Y].[Y].[Y].[Y].[Y]. The van der Waals surface area contributed by atoms with Crippen LogP contribution in [0.2, 0.25) is 5.02 Å². The fraction of sp³-hybridized carbons (Fsp3) is 0.217. The fourth-order valence-electron chi connectivity index (χ4n) is 12.1. The fourth-order valence-corrected chi connectivity index (χ4v) is 13.4. The number of aromatic nitrogens is 20. The van der Waals surface area contributed by atoms with Crippen molar-refractivity contribution >= 4 is 50.1 Å². The summed E-state index contributed by atoms with van der Waals surface area (Å²) in [5, 5.41) is 36.8. The third-order valence-corrected chi connectivity index (χ3v) is 20.9. The molecule has 30 nitrogen and oxygen atoms in total. The maximum absolute atomic E-state index is 13.4. The molecule has 0 unspecified atom stereocenters. The second kappa shape index (κ2) is 51.8. The molecule has 10 aromatic carbocycles. The zero-order valence-corrected chi connectivity index (χ0v) is 91.5. The van der Waals surface area contributed by atoms with E-state index in [1.165, 1.54) is 59.5 Å². The minimum absolute atomic E-state index is 0. The molecule has 731 valence electrons. The number of alkyl halides is 15. The molecule has 0 atom stereocenters. The van der Waals surface area contributed by atoms with Crippen molar-refractivity contribution in [1.82, 2.24) is 99.0 Å². The molecule has 0 aliphatic heterocycles. The van der Waals surface area contributed by atoms with E-state index in [1.807, 2.05) is 59.8 Å². The Balaban J connectivity index is 0.000000268. The van der Waals surface area contributed by atoms with Crippen molar-refractivity contribution in [2.45, 2.75) is 84.2 Å². The molecular weight excluding hydrogens is 2500 g/mol. The minimum Gasteiger partial charge on any atom is -0.514 e. The Morgan fingerprint density at radius 2 is 0.567 bits per heavy atom. The molecule has 0 fully saturated rings. The summed E-state index contributed by atoms with van der Waals surface area (Å²) in [6.45, 7) is 1.70. The van der Waals surface area contributed by atoms with Gasteiger partial charge in [-0.2, -0.15) is 143 Å². The zero-order valence-electron chi connectivity index (χ0n) is 72.8. The van der Waals surface area contributed by atoms with Gasteiger partial charge in [0.25, 0.3) is 0 Å². The molecule has 58 heteroatoms. The Morgan fingerprint density at radius 3 is 0.858 bits per heavy atom. The van der Waals surface area contributed by atoms with Gasteiger partial charge in [0.05, 0.1) is 28.4 Å². The van der Waals surface area contributed by atoms with Gasteiger partial charge < -0.3 is 23.7 Å². The first-order valence-corrected chi connectivity index (χ1v) is 40.2. The van der Waals surface area contributed by atoms with Gasteiger partial charge in [0.2, 0.25) is 0 Å². The van der Waals surface area contributed by atoms with Crippen molar-refractivity contribution < 1.29 is 275 Å². The largest absolute Gasteiger partial charge is 0.514 e. The normalized spacial score (nSPS) is 11.2. The number of hydrogen-bond acceptors (Lipinski definition) is 20. The molecule has 0 spiro atoms. The number of benzene rings is 10. The van der Waals surface area contributed by atoms with Crippen molar-refractivity contribution in [1.29, 1.82) is 0 Å². The average Bonchev–Trinajstić information content (AvgIpc) is 1.73. The number of nitrogens with zero attached hydrogens (tertiary/aromatic N) is 20. The number of hydrogen-bond donors (Lipinski definition) is 0. The van der Waals surface area contributed by atoms with Crippen molar-refractivity contribution in [2.75, 3.05) is 0 Å². The molecule has 0 bridgehead atoms. The molecular formula is C83H58BrClF20IN20O10Y5-5. The smallest absolute Gasteiger partial charge is 0.373 e. The van der Waals surface area contributed by atoms with Crippen LogP contribution in [0.25, 0.3) is 28.4 Å². The van der Waals surface area contributed by atoms with Gasteiger partial charge in [-0.3, -0.25) is 0 Å². The summed E-state index contributed by atoms with van der Waals surface area (Å²) in [6.07, 6.45) is -23.1. The van der Waals surface area contributed by atoms with Crippen LogP contribution in [0.5, 0.6) is 28.7 Å². The van der Waals surface area contributed by atoms with E-state index in [2.05, 4.69) is 68.1 Å². The summed E-state index contributed by atoms with van der Waals surface area (Å²) in [7, 11) is 7.03.